The molecule has 0 aromatic heterocycles. The van der Waals surface area contributed by atoms with E-state index in [1.54, 1.807) is 23.1 Å². The average molecular weight is 456 g/mol. The van der Waals surface area contributed by atoms with E-state index < -0.39 is 28.6 Å². The zero-order valence-corrected chi connectivity index (χ0v) is 18.1. The van der Waals surface area contributed by atoms with E-state index >= 15 is 0 Å². The molecule has 2 aromatic rings. The van der Waals surface area contributed by atoms with Gasteiger partial charge in [0, 0.05) is 50.2 Å². The lowest BCUT2D eigenvalue weighted by Crippen LogP contribution is -2.53. The van der Waals surface area contributed by atoms with Crippen molar-refractivity contribution in [2.75, 3.05) is 13.1 Å². The molecule has 1 aliphatic heterocycles. The van der Waals surface area contributed by atoms with Gasteiger partial charge < -0.3 is 15.5 Å². The second-order valence-electron chi connectivity index (χ2n) is 7.93. The third-order valence-corrected chi connectivity index (χ3v) is 5.53. The molecule has 0 saturated carbocycles. The highest BCUT2D eigenvalue weighted by atomic mass is 19.1. The monoisotopic (exact) mass is 456 g/mol. The van der Waals surface area contributed by atoms with E-state index in [0.29, 0.717) is 37.1 Å². The first-order chi connectivity index (χ1) is 15.7. The summed E-state index contributed by atoms with van der Waals surface area (Å²) in [5.74, 6) is -1.48. The van der Waals surface area contributed by atoms with Gasteiger partial charge in [0.15, 0.2) is 0 Å². The normalized spacial score (nSPS) is 14.9. The van der Waals surface area contributed by atoms with E-state index in [1.165, 1.54) is 37.3 Å². The van der Waals surface area contributed by atoms with Crippen LogP contribution in [0.2, 0.25) is 0 Å². The Morgan fingerprint density at radius 1 is 1.12 bits per heavy atom. The van der Waals surface area contributed by atoms with Crippen molar-refractivity contribution >= 4 is 23.4 Å². The summed E-state index contributed by atoms with van der Waals surface area (Å²) in [6, 6.07) is 10.4. The number of non-ortho nitro benzene ring substituents is 1. The van der Waals surface area contributed by atoms with Crippen molar-refractivity contribution in [3.8, 4) is 0 Å². The van der Waals surface area contributed by atoms with Crippen LogP contribution in [0.25, 0.3) is 0 Å². The summed E-state index contributed by atoms with van der Waals surface area (Å²) in [6.45, 7) is 2.10. The Bertz CT molecular complexity index is 1040. The molecule has 1 heterocycles. The van der Waals surface area contributed by atoms with Gasteiger partial charge in [0.2, 0.25) is 11.8 Å². The van der Waals surface area contributed by atoms with Gasteiger partial charge in [-0.15, -0.1) is 0 Å². The molecule has 0 spiro atoms. The summed E-state index contributed by atoms with van der Waals surface area (Å²) in [5, 5.41) is 16.2. The van der Waals surface area contributed by atoms with E-state index in [1.807, 2.05) is 0 Å². The molecular formula is C23H25FN4O5. The first-order valence-electron chi connectivity index (χ1n) is 10.6. The lowest BCUT2D eigenvalue weighted by molar-refractivity contribution is -0.384. The molecule has 2 aromatic carbocycles. The molecule has 2 N–H and O–H groups in total. The lowest BCUT2D eigenvalue weighted by atomic mass is 10.0. The fraction of sp³-hybridized carbons (Fsp3) is 0.348. The quantitative estimate of drug-likeness (QED) is 0.489. The topological polar surface area (TPSA) is 122 Å². The van der Waals surface area contributed by atoms with E-state index in [-0.39, 0.29) is 24.1 Å². The molecule has 1 aliphatic rings. The number of rotatable bonds is 7. The van der Waals surface area contributed by atoms with Crippen molar-refractivity contribution in [3.63, 3.8) is 0 Å². The zero-order valence-electron chi connectivity index (χ0n) is 18.1. The van der Waals surface area contributed by atoms with Crippen molar-refractivity contribution < 1.29 is 23.7 Å². The fourth-order valence-electron chi connectivity index (χ4n) is 3.78. The Morgan fingerprint density at radius 3 is 2.33 bits per heavy atom. The highest BCUT2D eigenvalue weighted by Crippen LogP contribution is 2.17. The number of carbonyl (C=O) groups is 3. The minimum absolute atomic E-state index is 0.0234. The van der Waals surface area contributed by atoms with Crippen molar-refractivity contribution in [2.45, 2.75) is 38.3 Å². The van der Waals surface area contributed by atoms with Crippen LogP contribution in [0.1, 0.15) is 35.7 Å². The smallest absolute Gasteiger partial charge is 0.269 e. The summed E-state index contributed by atoms with van der Waals surface area (Å²) in [6.07, 6.45) is 1.05. The van der Waals surface area contributed by atoms with Crippen LogP contribution in [0, 0.1) is 15.9 Å². The number of benzene rings is 2. The third kappa shape index (κ3) is 6.34. The van der Waals surface area contributed by atoms with Gasteiger partial charge in [-0.2, -0.15) is 0 Å². The van der Waals surface area contributed by atoms with Gasteiger partial charge in [-0.3, -0.25) is 24.5 Å². The maximum absolute atomic E-state index is 14.0. The van der Waals surface area contributed by atoms with Gasteiger partial charge in [-0.1, -0.05) is 18.2 Å². The summed E-state index contributed by atoms with van der Waals surface area (Å²) in [5.41, 5.74) is 0.602. The average Bonchev–Trinajstić information content (AvgIpc) is 2.80. The van der Waals surface area contributed by atoms with E-state index in [4.69, 9.17) is 0 Å². The molecule has 1 fully saturated rings. The number of nitro groups is 1. The molecule has 1 saturated heterocycles. The van der Waals surface area contributed by atoms with Crippen LogP contribution in [0.4, 0.5) is 10.1 Å². The molecule has 0 aliphatic carbocycles. The highest BCUT2D eigenvalue weighted by molar-refractivity contribution is 5.94. The third-order valence-electron chi connectivity index (χ3n) is 5.53. The Hall–Kier alpha value is -3.82. The van der Waals surface area contributed by atoms with Gasteiger partial charge in [0.1, 0.15) is 11.9 Å². The Labute approximate surface area is 190 Å². The molecule has 174 valence electrons. The van der Waals surface area contributed by atoms with Crippen molar-refractivity contribution in [3.05, 3.63) is 75.6 Å². The maximum Gasteiger partial charge on any atom is 0.269 e. The van der Waals surface area contributed by atoms with Crippen molar-refractivity contribution in [2.24, 2.45) is 0 Å². The van der Waals surface area contributed by atoms with Gasteiger partial charge in [-0.05, 0) is 36.6 Å². The molecule has 9 nitrogen and oxygen atoms in total. The van der Waals surface area contributed by atoms with Crippen LogP contribution in [-0.2, 0) is 16.0 Å². The number of nitro benzene ring substituents is 1. The second-order valence-corrected chi connectivity index (χ2v) is 7.93. The molecule has 1 atom stereocenters. The molecule has 3 rings (SSSR count). The van der Waals surface area contributed by atoms with Crippen LogP contribution < -0.4 is 10.6 Å². The number of halogens is 1. The maximum atomic E-state index is 14.0. The molecule has 0 unspecified atom stereocenters. The Morgan fingerprint density at radius 2 is 1.76 bits per heavy atom. The number of nitrogens with zero attached hydrogens (tertiary/aromatic N) is 2. The summed E-state index contributed by atoms with van der Waals surface area (Å²) < 4.78 is 14.0. The minimum Gasteiger partial charge on any atom is -0.351 e. The van der Waals surface area contributed by atoms with Crippen LogP contribution in [0.15, 0.2) is 48.5 Å². The number of nitrogens with one attached hydrogen (secondary N) is 2. The second kappa shape index (κ2) is 10.7. The molecule has 33 heavy (non-hydrogen) atoms. The summed E-state index contributed by atoms with van der Waals surface area (Å²) in [7, 11) is 0. The van der Waals surface area contributed by atoms with E-state index in [9.17, 15) is 28.9 Å². The minimum atomic E-state index is -0.917. The Balaban J connectivity index is 1.56. The molecular weight excluding hydrogens is 431 g/mol. The predicted molar refractivity (Wildman–Crippen MR) is 118 cm³/mol. The fourth-order valence-corrected chi connectivity index (χ4v) is 3.78. The van der Waals surface area contributed by atoms with Crippen molar-refractivity contribution in [1.82, 2.24) is 15.5 Å². The Kier molecular flexibility index (Phi) is 7.70. The van der Waals surface area contributed by atoms with Crippen LogP contribution in [-0.4, -0.2) is 52.7 Å². The molecule has 0 bridgehead atoms. The van der Waals surface area contributed by atoms with Gasteiger partial charge in [0.25, 0.3) is 11.6 Å². The van der Waals surface area contributed by atoms with Crippen LogP contribution in [0.5, 0.6) is 0 Å². The van der Waals surface area contributed by atoms with Gasteiger partial charge in [-0.25, -0.2) is 4.39 Å². The number of hydrogen-bond acceptors (Lipinski definition) is 5. The highest BCUT2D eigenvalue weighted by Gasteiger charge is 2.28. The SMILES string of the molecule is CC(=O)N[C@@H](Cc1ccccc1F)C(=O)NC1CCN(C(=O)c2ccc([N+](=O)[O-])cc2)CC1. The predicted octanol–water partition coefficient (Wildman–Crippen LogP) is 2.20. The number of hydrogen-bond donors (Lipinski definition) is 2. The molecule has 3 amide bonds. The first-order valence-corrected chi connectivity index (χ1v) is 10.6. The van der Waals surface area contributed by atoms with E-state index in [0.717, 1.165) is 0 Å². The number of carbonyl (C=O) groups excluding carboxylic acids is 3. The number of piperidine rings is 1. The lowest BCUT2D eigenvalue weighted by Gasteiger charge is -2.33. The zero-order chi connectivity index (χ0) is 24.0. The first kappa shape index (κ1) is 23.8. The molecule has 0 radical (unpaired) electrons. The summed E-state index contributed by atoms with van der Waals surface area (Å²) in [4.78, 5) is 48.9. The molecule has 10 heteroatoms. The van der Waals surface area contributed by atoms with Gasteiger partial charge >= 0.3 is 0 Å². The number of likely N-dealkylation sites (tertiary alicyclic amines) is 1. The van der Waals surface area contributed by atoms with Crippen molar-refractivity contribution in [1.29, 1.82) is 0 Å². The standard InChI is InChI=1S/C23H25FN4O5/c1-15(29)25-21(14-17-4-2-3-5-20(17)24)22(30)26-18-10-12-27(13-11-18)23(31)16-6-8-19(9-7-16)28(32)33/h2-9,18,21H,10-14H2,1H3,(H,25,29)(H,26,30)/t21-/m0/s1. The van der Waals surface area contributed by atoms with Gasteiger partial charge in [0.05, 0.1) is 4.92 Å². The van der Waals surface area contributed by atoms with Crippen LogP contribution in [0.3, 0.4) is 0 Å². The summed E-state index contributed by atoms with van der Waals surface area (Å²) >= 11 is 0. The van der Waals surface area contributed by atoms with E-state index in [2.05, 4.69) is 10.6 Å². The number of amides is 3. The van der Waals surface area contributed by atoms with Crippen LogP contribution >= 0.6 is 0 Å². The largest absolute Gasteiger partial charge is 0.351 e.